The number of fused-ring (bicyclic) bond motifs is 1. The van der Waals surface area contributed by atoms with Gasteiger partial charge in [0.2, 0.25) is 0 Å². The van der Waals surface area contributed by atoms with Crippen molar-refractivity contribution in [1.29, 1.82) is 0 Å². The van der Waals surface area contributed by atoms with Crippen LogP contribution in [0.2, 0.25) is 0 Å². The number of rotatable bonds is 4. The van der Waals surface area contributed by atoms with Crippen molar-refractivity contribution in [2.24, 2.45) is 5.84 Å². The van der Waals surface area contributed by atoms with Gasteiger partial charge in [0.1, 0.15) is 11.6 Å². The Hall–Kier alpha value is -2.28. The molecule has 0 aliphatic heterocycles. The lowest BCUT2D eigenvalue weighted by Gasteiger charge is -2.10. The highest BCUT2D eigenvalue weighted by molar-refractivity contribution is 5.61. The molecule has 1 aliphatic carbocycles. The number of hydrogen-bond donors (Lipinski definition) is 2. The predicted molar refractivity (Wildman–Crippen MR) is 73.9 cm³/mol. The van der Waals surface area contributed by atoms with Gasteiger partial charge >= 0.3 is 6.61 Å². The number of benzene rings is 1. The number of nitrogens with zero attached hydrogens (tertiary/aromatic N) is 2. The van der Waals surface area contributed by atoms with Gasteiger partial charge in [-0.2, -0.15) is 8.78 Å². The number of nitrogen functional groups attached to an aromatic ring is 1. The first-order valence-corrected chi connectivity index (χ1v) is 6.59. The molecule has 0 amide bonds. The molecule has 3 rings (SSSR count). The van der Waals surface area contributed by atoms with E-state index in [0.717, 1.165) is 36.1 Å². The molecular weight excluding hydrogens is 278 g/mol. The quantitative estimate of drug-likeness (QED) is 0.669. The van der Waals surface area contributed by atoms with Gasteiger partial charge in [-0.25, -0.2) is 15.8 Å². The fraction of sp³-hybridized carbons (Fsp3) is 0.286. The van der Waals surface area contributed by atoms with E-state index in [9.17, 15) is 8.78 Å². The van der Waals surface area contributed by atoms with E-state index in [4.69, 9.17) is 5.84 Å². The van der Waals surface area contributed by atoms with Crippen LogP contribution < -0.4 is 16.0 Å². The van der Waals surface area contributed by atoms with E-state index in [1.54, 1.807) is 12.1 Å². The lowest BCUT2D eigenvalue weighted by Crippen LogP contribution is -2.12. The fourth-order valence-electron chi connectivity index (χ4n) is 2.47. The Morgan fingerprint density at radius 1 is 1.14 bits per heavy atom. The van der Waals surface area contributed by atoms with Gasteiger partial charge in [-0.1, -0.05) is 0 Å². The van der Waals surface area contributed by atoms with Gasteiger partial charge in [0.15, 0.2) is 5.82 Å². The minimum absolute atomic E-state index is 0.104. The molecule has 3 N–H and O–H groups in total. The van der Waals surface area contributed by atoms with Crippen molar-refractivity contribution in [3.8, 4) is 17.1 Å². The number of nitrogens with one attached hydrogen (secondary N) is 1. The van der Waals surface area contributed by atoms with Gasteiger partial charge in [0, 0.05) is 16.8 Å². The topological polar surface area (TPSA) is 73.1 Å². The molecular formula is C14H14F2N4O. The number of halogens is 2. The highest BCUT2D eigenvalue weighted by atomic mass is 19.3. The van der Waals surface area contributed by atoms with Crippen LogP contribution in [0.25, 0.3) is 11.4 Å². The molecule has 0 saturated heterocycles. The molecule has 1 heterocycles. The van der Waals surface area contributed by atoms with Crippen LogP contribution >= 0.6 is 0 Å². The van der Waals surface area contributed by atoms with Crippen molar-refractivity contribution in [2.75, 3.05) is 5.43 Å². The van der Waals surface area contributed by atoms with Gasteiger partial charge in [-0.15, -0.1) is 0 Å². The zero-order valence-electron chi connectivity index (χ0n) is 11.1. The molecule has 1 aromatic carbocycles. The van der Waals surface area contributed by atoms with Gasteiger partial charge < -0.3 is 10.2 Å². The summed E-state index contributed by atoms with van der Waals surface area (Å²) in [6.45, 7) is -2.83. The summed E-state index contributed by atoms with van der Waals surface area (Å²) in [7, 11) is 0. The number of hydrogen-bond acceptors (Lipinski definition) is 5. The SMILES string of the molecule is NNc1nc(-c2ccc(OC(F)F)cc2)nc2c1CCC2. The highest BCUT2D eigenvalue weighted by Crippen LogP contribution is 2.29. The van der Waals surface area contributed by atoms with E-state index in [-0.39, 0.29) is 5.75 Å². The number of hydrazine groups is 1. The van der Waals surface area contributed by atoms with Crippen LogP contribution in [-0.2, 0) is 12.8 Å². The molecule has 1 aliphatic rings. The molecule has 110 valence electrons. The number of aryl methyl sites for hydroxylation is 1. The van der Waals surface area contributed by atoms with Crippen molar-refractivity contribution in [3.05, 3.63) is 35.5 Å². The van der Waals surface area contributed by atoms with Gasteiger partial charge in [0.05, 0.1) is 0 Å². The first kappa shape index (κ1) is 13.7. The summed E-state index contributed by atoms with van der Waals surface area (Å²) < 4.78 is 28.6. The second-order valence-corrected chi connectivity index (χ2v) is 4.72. The smallest absolute Gasteiger partial charge is 0.387 e. The Labute approximate surface area is 120 Å². The Morgan fingerprint density at radius 2 is 1.90 bits per heavy atom. The van der Waals surface area contributed by atoms with E-state index < -0.39 is 6.61 Å². The first-order valence-electron chi connectivity index (χ1n) is 6.59. The lowest BCUT2D eigenvalue weighted by atomic mass is 10.2. The number of alkyl halides is 2. The summed E-state index contributed by atoms with van der Waals surface area (Å²) in [5.41, 5.74) is 5.37. The average molecular weight is 292 g/mol. The Kier molecular flexibility index (Phi) is 3.66. The standard InChI is InChI=1S/C14H14F2N4O/c15-14(16)21-9-6-4-8(5-7-9)12-18-11-3-1-2-10(11)13(19-12)20-17/h4-7,14H,1-3,17H2,(H,18,19,20). The molecule has 0 fully saturated rings. The number of aromatic nitrogens is 2. The molecule has 2 aromatic rings. The summed E-state index contributed by atoms with van der Waals surface area (Å²) in [5.74, 6) is 6.75. The van der Waals surface area contributed by atoms with Crippen LogP contribution in [0.1, 0.15) is 17.7 Å². The molecule has 1 aromatic heterocycles. The van der Waals surface area contributed by atoms with Crippen molar-refractivity contribution in [2.45, 2.75) is 25.9 Å². The zero-order valence-corrected chi connectivity index (χ0v) is 11.1. The average Bonchev–Trinajstić information content (AvgIpc) is 2.94. The zero-order chi connectivity index (χ0) is 14.8. The van der Waals surface area contributed by atoms with Crippen LogP contribution in [0, 0.1) is 0 Å². The largest absolute Gasteiger partial charge is 0.435 e. The Bertz CT molecular complexity index is 646. The summed E-state index contributed by atoms with van der Waals surface area (Å²) in [6.07, 6.45) is 2.84. The van der Waals surface area contributed by atoms with Crippen molar-refractivity contribution >= 4 is 5.82 Å². The molecule has 0 unspecified atom stereocenters. The minimum Gasteiger partial charge on any atom is -0.435 e. The Balaban J connectivity index is 1.93. The monoisotopic (exact) mass is 292 g/mol. The second kappa shape index (κ2) is 5.61. The van der Waals surface area contributed by atoms with E-state index >= 15 is 0 Å². The molecule has 0 spiro atoms. The van der Waals surface area contributed by atoms with E-state index in [1.807, 2.05) is 0 Å². The van der Waals surface area contributed by atoms with Crippen LogP contribution in [0.4, 0.5) is 14.6 Å². The Morgan fingerprint density at radius 3 is 2.57 bits per heavy atom. The number of nitrogens with two attached hydrogens (primary N) is 1. The van der Waals surface area contributed by atoms with E-state index in [2.05, 4.69) is 20.1 Å². The molecule has 5 nitrogen and oxygen atoms in total. The number of ether oxygens (including phenoxy) is 1. The summed E-state index contributed by atoms with van der Waals surface area (Å²) in [4.78, 5) is 8.91. The third-order valence-corrected chi connectivity index (χ3v) is 3.41. The summed E-state index contributed by atoms with van der Waals surface area (Å²) in [6, 6.07) is 6.23. The van der Waals surface area contributed by atoms with E-state index in [0.29, 0.717) is 11.6 Å². The maximum absolute atomic E-state index is 12.1. The molecule has 0 saturated carbocycles. The van der Waals surface area contributed by atoms with Gasteiger partial charge in [-0.3, -0.25) is 0 Å². The normalized spacial score (nSPS) is 13.3. The van der Waals surface area contributed by atoms with Crippen LogP contribution in [0.5, 0.6) is 5.75 Å². The maximum Gasteiger partial charge on any atom is 0.387 e. The predicted octanol–water partition coefficient (Wildman–Crippen LogP) is 2.52. The molecule has 0 bridgehead atoms. The first-order chi connectivity index (χ1) is 10.2. The van der Waals surface area contributed by atoms with Crippen molar-refractivity contribution in [1.82, 2.24) is 9.97 Å². The summed E-state index contributed by atoms with van der Waals surface area (Å²) in [5, 5.41) is 0. The van der Waals surface area contributed by atoms with E-state index in [1.165, 1.54) is 12.1 Å². The van der Waals surface area contributed by atoms with Gasteiger partial charge in [0.25, 0.3) is 0 Å². The van der Waals surface area contributed by atoms with Crippen LogP contribution in [-0.4, -0.2) is 16.6 Å². The van der Waals surface area contributed by atoms with Crippen molar-refractivity contribution in [3.63, 3.8) is 0 Å². The molecule has 0 atom stereocenters. The van der Waals surface area contributed by atoms with Crippen LogP contribution in [0.3, 0.4) is 0 Å². The minimum atomic E-state index is -2.83. The lowest BCUT2D eigenvalue weighted by molar-refractivity contribution is -0.0498. The molecule has 0 radical (unpaired) electrons. The van der Waals surface area contributed by atoms with Crippen molar-refractivity contribution < 1.29 is 13.5 Å². The number of anilines is 1. The molecule has 21 heavy (non-hydrogen) atoms. The maximum atomic E-state index is 12.1. The molecule has 7 heteroatoms. The second-order valence-electron chi connectivity index (χ2n) is 4.72. The summed E-state index contributed by atoms with van der Waals surface area (Å²) >= 11 is 0. The third-order valence-electron chi connectivity index (χ3n) is 3.41. The van der Waals surface area contributed by atoms with Gasteiger partial charge in [-0.05, 0) is 43.5 Å². The third kappa shape index (κ3) is 2.78. The fourth-order valence-corrected chi connectivity index (χ4v) is 2.47. The van der Waals surface area contributed by atoms with Crippen LogP contribution in [0.15, 0.2) is 24.3 Å². The highest BCUT2D eigenvalue weighted by Gasteiger charge is 2.19.